The molecule has 22 heavy (non-hydrogen) atoms. The lowest BCUT2D eigenvalue weighted by molar-refractivity contribution is 0.382. The Morgan fingerprint density at radius 2 is 2.23 bits per heavy atom. The second-order valence-electron chi connectivity index (χ2n) is 6.46. The van der Waals surface area contributed by atoms with E-state index in [1.165, 1.54) is 34.5 Å². The molecule has 0 spiro atoms. The first-order valence-corrected chi connectivity index (χ1v) is 9.01. The number of aromatic nitrogens is 2. The molecule has 1 N–H and O–H groups in total. The van der Waals surface area contributed by atoms with Crippen molar-refractivity contribution in [3.05, 3.63) is 39.2 Å². The molecule has 1 aliphatic heterocycles. The average Bonchev–Trinajstić information content (AvgIpc) is 3.09. The summed E-state index contributed by atoms with van der Waals surface area (Å²) in [5.74, 6) is 1.81. The van der Waals surface area contributed by atoms with Crippen LogP contribution in [0.15, 0.2) is 17.5 Å². The van der Waals surface area contributed by atoms with E-state index in [4.69, 9.17) is 0 Å². The summed E-state index contributed by atoms with van der Waals surface area (Å²) >= 11 is 1.84. The fraction of sp³-hybridized carbons (Fsp3) is 0.529. The summed E-state index contributed by atoms with van der Waals surface area (Å²) < 4.78 is 0. The molecule has 2 aromatic rings. The molecule has 0 amide bonds. The highest BCUT2D eigenvalue weighted by atomic mass is 32.1. The number of fused-ring (bicyclic) bond motifs is 1. The van der Waals surface area contributed by atoms with E-state index in [-0.39, 0.29) is 0 Å². The standard InChI is InChI=1S/C17H22N4S/c1-12-5-6-22-16(12)9-18-8-13-10-21(11-13)17-7-14-3-2-4-15(14)19-20-17/h5-7,13,18H,2-4,8-11H2,1H3. The topological polar surface area (TPSA) is 41.0 Å². The number of anilines is 1. The maximum absolute atomic E-state index is 4.40. The second-order valence-corrected chi connectivity index (χ2v) is 7.46. The Morgan fingerprint density at radius 1 is 1.32 bits per heavy atom. The number of nitrogens with one attached hydrogen (secondary N) is 1. The summed E-state index contributed by atoms with van der Waals surface area (Å²) in [6, 6.07) is 4.45. The van der Waals surface area contributed by atoms with Crippen LogP contribution in [0.2, 0.25) is 0 Å². The predicted molar refractivity (Wildman–Crippen MR) is 90.5 cm³/mol. The van der Waals surface area contributed by atoms with Crippen LogP contribution in [0, 0.1) is 12.8 Å². The Labute approximate surface area is 135 Å². The van der Waals surface area contributed by atoms with Gasteiger partial charge >= 0.3 is 0 Å². The van der Waals surface area contributed by atoms with Crippen molar-refractivity contribution in [3.8, 4) is 0 Å². The van der Waals surface area contributed by atoms with E-state index in [0.717, 1.165) is 44.3 Å². The molecule has 0 aromatic carbocycles. The smallest absolute Gasteiger partial charge is 0.151 e. The summed E-state index contributed by atoms with van der Waals surface area (Å²) in [7, 11) is 0. The van der Waals surface area contributed by atoms with Crippen LogP contribution in [0.5, 0.6) is 0 Å². The SMILES string of the molecule is Cc1ccsc1CNCC1CN(c2cc3c(nn2)CCC3)C1. The predicted octanol–water partition coefficient (Wildman–Crippen LogP) is 2.56. The first-order valence-electron chi connectivity index (χ1n) is 8.13. The fourth-order valence-electron chi connectivity index (χ4n) is 3.33. The normalized spacial score (nSPS) is 17.6. The number of hydrogen-bond acceptors (Lipinski definition) is 5. The number of rotatable bonds is 5. The number of hydrogen-bond donors (Lipinski definition) is 1. The molecule has 1 saturated heterocycles. The van der Waals surface area contributed by atoms with Gasteiger partial charge in [-0.2, -0.15) is 5.10 Å². The van der Waals surface area contributed by atoms with E-state index in [1.54, 1.807) is 0 Å². The third-order valence-electron chi connectivity index (χ3n) is 4.77. The lowest BCUT2D eigenvalue weighted by Crippen LogP contribution is -2.51. The van der Waals surface area contributed by atoms with Gasteiger partial charge in [-0.3, -0.25) is 0 Å². The van der Waals surface area contributed by atoms with Crippen molar-refractivity contribution >= 4 is 17.2 Å². The molecule has 4 rings (SSSR count). The zero-order valence-electron chi connectivity index (χ0n) is 13.0. The van der Waals surface area contributed by atoms with Gasteiger partial charge in [-0.15, -0.1) is 16.4 Å². The minimum Gasteiger partial charge on any atom is -0.354 e. The van der Waals surface area contributed by atoms with Gasteiger partial charge in [0.25, 0.3) is 0 Å². The molecular weight excluding hydrogens is 292 g/mol. The van der Waals surface area contributed by atoms with Crippen LogP contribution < -0.4 is 10.2 Å². The summed E-state index contributed by atoms with van der Waals surface area (Å²) in [6.45, 7) is 6.48. The molecule has 0 bridgehead atoms. The molecule has 1 aliphatic carbocycles. The van der Waals surface area contributed by atoms with Crippen LogP contribution in [0.4, 0.5) is 5.82 Å². The Kier molecular flexibility index (Phi) is 3.84. The summed E-state index contributed by atoms with van der Waals surface area (Å²) in [5.41, 5.74) is 4.04. The second kappa shape index (κ2) is 5.97. The van der Waals surface area contributed by atoms with Crippen molar-refractivity contribution < 1.29 is 0 Å². The molecule has 1 fully saturated rings. The number of nitrogens with zero attached hydrogens (tertiary/aromatic N) is 3. The molecule has 116 valence electrons. The van der Waals surface area contributed by atoms with Crippen LogP contribution in [0.1, 0.15) is 28.1 Å². The monoisotopic (exact) mass is 314 g/mol. The highest BCUT2D eigenvalue weighted by Crippen LogP contribution is 2.27. The van der Waals surface area contributed by atoms with Gasteiger partial charge in [0.15, 0.2) is 5.82 Å². The lowest BCUT2D eigenvalue weighted by atomic mass is 10.00. The Balaban J connectivity index is 1.25. The first-order chi connectivity index (χ1) is 10.8. The minimum atomic E-state index is 0.732. The van der Waals surface area contributed by atoms with E-state index in [9.17, 15) is 0 Å². The van der Waals surface area contributed by atoms with Crippen molar-refractivity contribution in [1.82, 2.24) is 15.5 Å². The number of thiophene rings is 1. The first kappa shape index (κ1) is 14.2. The van der Waals surface area contributed by atoms with Crippen LogP contribution in [0.25, 0.3) is 0 Å². The molecule has 4 nitrogen and oxygen atoms in total. The molecule has 0 unspecified atom stereocenters. The van der Waals surface area contributed by atoms with E-state index in [2.05, 4.69) is 44.9 Å². The highest BCUT2D eigenvalue weighted by Gasteiger charge is 2.28. The molecule has 2 aliphatic rings. The van der Waals surface area contributed by atoms with Gasteiger partial charge in [-0.05, 0) is 54.8 Å². The van der Waals surface area contributed by atoms with Crippen molar-refractivity contribution in [1.29, 1.82) is 0 Å². The molecular formula is C17H22N4S. The lowest BCUT2D eigenvalue weighted by Gasteiger charge is -2.40. The van der Waals surface area contributed by atoms with E-state index in [1.807, 2.05) is 11.3 Å². The van der Waals surface area contributed by atoms with Crippen molar-refractivity contribution in [2.75, 3.05) is 24.5 Å². The Morgan fingerprint density at radius 3 is 3.05 bits per heavy atom. The van der Waals surface area contributed by atoms with E-state index >= 15 is 0 Å². The maximum atomic E-state index is 4.40. The van der Waals surface area contributed by atoms with Crippen LogP contribution in [-0.4, -0.2) is 29.8 Å². The summed E-state index contributed by atoms with van der Waals surface area (Å²) in [4.78, 5) is 3.81. The fourth-order valence-corrected chi connectivity index (χ4v) is 4.21. The van der Waals surface area contributed by atoms with Gasteiger partial charge in [0.05, 0.1) is 5.69 Å². The minimum absolute atomic E-state index is 0.732. The van der Waals surface area contributed by atoms with Crippen LogP contribution in [-0.2, 0) is 19.4 Å². The van der Waals surface area contributed by atoms with Gasteiger partial charge in [-0.1, -0.05) is 0 Å². The van der Waals surface area contributed by atoms with Crippen LogP contribution in [0.3, 0.4) is 0 Å². The molecule has 0 atom stereocenters. The molecule has 0 saturated carbocycles. The molecule has 5 heteroatoms. The molecule has 0 radical (unpaired) electrons. The van der Waals surface area contributed by atoms with Gasteiger partial charge in [0.2, 0.25) is 0 Å². The van der Waals surface area contributed by atoms with Gasteiger partial charge in [0, 0.05) is 37.0 Å². The van der Waals surface area contributed by atoms with Crippen molar-refractivity contribution in [3.63, 3.8) is 0 Å². The Bertz CT molecular complexity index is 660. The highest BCUT2D eigenvalue weighted by molar-refractivity contribution is 7.10. The summed E-state index contributed by atoms with van der Waals surface area (Å²) in [5, 5.41) is 14.5. The maximum Gasteiger partial charge on any atom is 0.151 e. The van der Waals surface area contributed by atoms with Crippen molar-refractivity contribution in [2.24, 2.45) is 5.92 Å². The van der Waals surface area contributed by atoms with Gasteiger partial charge in [-0.25, -0.2) is 0 Å². The third kappa shape index (κ3) is 2.75. The zero-order chi connectivity index (χ0) is 14.9. The quantitative estimate of drug-likeness (QED) is 0.921. The zero-order valence-corrected chi connectivity index (χ0v) is 13.8. The largest absolute Gasteiger partial charge is 0.354 e. The van der Waals surface area contributed by atoms with Gasteiger partial charge in [0.1, 0.15) is 0 Å². The van der Waals surface area contributed by atoms with Crippen molar-refractivity contribution in [2.45, 2.75) is 32.7 Å². The average molecular weight is 314 g/mol. The molecule has 2 aromatic heterocycles. The van der Waals surface area contributed by atoms with Gasteiger partial charge < -0.3 is 10.2 Å². The summed E-state index contributed by atoms with van der Waals surface area (Å²) in [6.07, 6.45) is 3.52. The van der Waals surface area contributed by atoms with E-state index < -0.39 is 0 Å². The van der Waals surface area contributed by atoms with Crippen LogP contribution >= 0.6 is 11.3 Å². The molecule has 3 heterocycles. The third-order valence-corrected chi connectivity index (χ3v) is 5.80. The van der Waals surface area contributed by atoms with E-state index in [0.29, 0.717) is 0 Å². The Hall–Kier alpha value is -1.46. The number of aryl methyl sites for hydroxylation is 3.